The summed E-state index contributed by atoms with van der Waals surface area (Å²) in [5.74, 6) is -0.0813. The molecule has 2 atom stereocenters. The van der Waals surface area contributed by atoms with E-state index in [9.17, 15) is 9.59 Å². The number of piperidine rings is 1. The molecule has 9 heteroatoms. The van der Waals surface area contributed by atoms with Crippen molar-refractivity contribution in [1.29, 1.82) is 0 Å². The molecule has 3 heterocycles. The van der Waals surface area contributed by atoms with E-state index in [0.717, 1.165) is 37.3 Å². The molecule has 3 aliphatic rings. The number of nitrogens with zero attached hydrogens (tertiary/aromatic N) is 1. The number of benzene rings is 3. The lowest BCUT2D eigenvalue weighted by Crippen LogP contribution is -2.51. The zero-order valence-electron chi connectivity index (χ0n) is 21.1. The molecule has 2 fully saturated rings. The molecular weight excluding hydrogens is 557 g/mol. The maximum atomic E-state index is 13.4. The minimum atomic E-state index is -0.694. The van der Waals surface area contributed by atoms with Crippen LogP contribution >= 0.6 is 34.8 Å². The molecule has 0 spiro atoms. The molecule has 39 heavy (non-hydrogen) atoms. The first kappa shape index (κ1) is 26.5. The smallest absolute Gasteiger partial charge is 0.239 e. The third kappa shape index (κ3) is 5.62. The van der Waals surface area contributed by atoms with E-state index in [1.54, 1.807) is 36.4 Å². The molecule has 2 bridgehead atoms. The Morgan fingerprint density at radius 1 is 0.821 bits per heavy atom. The third-order valence-corrected chi connectivity index (χ3v) is 8.72. The first-order valence-electron chi connectivity index (χ1n) is 13.2. The number of ether oxygens (including phenoxy) is 1. The van der Waals surface area contributed by atoms with Crippen LogP contribution in [0.15, 0.2) is 60.7 Å². The predicted molar refractivity (Wildman–Crippen MR) is 153 cm³/mol. The standard InChI is InChI=1S/C30H28Cl3N3O3/c31-18-3-1-17(2-4-18)16-36-22-7-8-23(36)14-21(13-22)35-28(37)15-34-30(38)29-24-11-19(32)5-9-26(24)39-27-10-6-20(33)12-25(27)29/h1-6,9-12,21-23,29H,7-8,13-16H2,(H,34,38)(H,35,37). The number of fused-ring (bicyclic) bond motifs is 4. The molecule has 3 aromatic rings. The lowest BCUT2D eigenvalue weighted by atomic mass is 9.87. The molecule has 0 aliphatic carbocycles. The Labute approximate surface area is 242 Å². The summed E-state index contributed by atoms with van der Waals surface area (Å²) >= 11 is 18.5. The van der Waals surface area contributed by atoms with E-state index in [4.69, 9.17) is 39.5 Å². The normalized spacial score (nSPS) is 22.0. The van der Waals surface area contributed by atoms with E-state index in [1.165, 1.54) is 5.56 Å². The Morgan fingerprint density at radius 2 is 1.38 bits per heavy atom. The molecule has 2 amide bonds. The summed E-state index contributed by atoms with van der Waals surface area (Å²) in [6, 6.07) is 19.4. The highest BCUT2D eigenvalue weighted by molar-refractivity contribution is 6.31. The number of amides is 2. The van der Waals surface area contributed by atoms with Crippen molar-refractivity contribution in [2.24, 2.45) is 0 Å². The van der Waals surface area contributed by atoms with Gasteiger partial charge in [0.25, 0.3) is 0 Å². The number of hydrogen-bond acceptors (Lipinski definition) is 4. The maximum absolute atomic E-state index is 13.4. The summed E-state index contributed by atoms with van der Waals surface area (Å²) < 4.78 is 5.98. The van der Waals surface area contributed by atoms with Crippen LogP contribution in [-0.4, -0.2) is 41.4 Å². The highest BCUT2D eigenvalue weighted by atomic mass is 35.5. The fourth-order valence-electron chi connectivity index (χ4n) is 6.24. The average molecular weight is 585 g/mol. The van der Waals surface area contributed by atoms with Gasteiger partial charge in [0.1, 0.15) is 11.5 Å². The van der Waals surface area contributed by atoms with Crippen molar-refractivity contribution in [3.8, 4) is 11.5 Å². The van der Waals surface area contributed by atoms with E-state index in [1.807, 2.05) is 12.1 Å². The van der Waals surface area contributed by atoms with E-state index < -0.39 is 5.92 Å². The largest absolute Gasteiger partial charge is 0.457 e. The second-order valence-electron chi connectivity index (χ2n) is 10.5. The van der Waals surface area contributed by atoms with Crippen LogP contribution in [0.4, 0.5) is 0 Å². The summed E-state index contributed by atoms with van der Waals surface area (Å²) in [5.41, 5.74) is 2.53. The fourth-order valence-corrected chi connectivity index (χ4v) is 6.73. The summed E-state index contributed by atoms with van der Waals surface area (Å²) in [7, 11) is 0. The van der Waals surface area contributed by atoms with Crippen LogP contribution in [-0.2, 0) is 16.1 Å². The molecule has 202 valence electrons. The monoisotopic (exact) mass is 583 g/mol. The van der Waals surface area contributed by atoms with Crippen LogP contribution in [0, 0.1) is 0 Å². The van der Waals surface area contributed by atoms with Gasteiger partial charge < -0.3 is 15.4 Å². The van der Waals surface area contributed by atoms with Gasteiger partial charge in [0.15, 0.2) is 0 Å². The van der Waals surface area contributed by atoms with Crippen LogP contribution in [0.5, 0.6) is 11.5 Å². The number of rotatable bonds is 6. The van der Waals surface area contributed by atoms with Crippen molar-refractivity contribution in [3.05, 3.63) is 92.4 Å². The van der Waals surface area contributed by atoms with Crippen LogP contribution in [0.25, 0.3) is 0 Å². The van der Waals surface area contributed by atoms with Crippen LogP contribution < -0.4 is 15.4 Å². The van der Waals surface area contributed by atoms with Gasteiger partial charge in [0.05, 0.1) is 12.5 Å². The molecule has 3 aliphatic heterocycles. The van der Waals surface area contributed by atoms with Crippen molar-refractivity contribution < 1.29 is 14.3 Å². The Bertz CT molecular complexity index is 1350. The van der Waals surface area contributed by atoms with Gasteiger partial charge in [-0.15, -0.1) is 0 Å². The van der Waals surface area contributed by atoms with Gasteiger partial charge in [0.2, 0.25) is 11.8 Å². The highest BCUT2D eigenvalue weighted by Gasteiger charge is 2.41. The quantitative estimate of drug-likeness (QED) is 0.356. The van der Waals surface area contributed by atoms with E-state index in [2.05, 4.69) is 27.7 Å². The van der Waals surface area contributed by atoms with Crippen LogP contribution in [0.2, 0.25) is 15.1 Å². The second kappa shape index (κ2) is 11.0. The number of halogens is 3. The molecule has 0 saturated carbocycles. The van der Waals surface area contributed by atoms with Crippen molar-refractivity contribution in [2.75, 3.05) is 6.54 Å². The summed E-state index contributed by atoms with van der Waals surface area (Å²) in [6.07, 6.45) is 4.08. The Morgan fingerprint density at radius 3 is 1.97 bits per heavy atom. The van der Waals surface area contributed by atoms with Gasteiger partial charge >= 0.3 is 0 Å². The van der Waals surface area contributed by atoms with Crippen LogP contribution in [0.3, 0.4) is 0 Å². The second-order valence-corrected chi connectivity index (χ2v) is 11.8. The molecule has 2 unspecified atom stereocenters. The van der Waals surface area contributed by atoms with Crippen molar-refractivity contribution in [1.82, 2.24) is 15.5 Å². The maximum Gasteiger partial charge on any atom is 0.239 e. The van der Waals surface area contributed by atoms with Gasteiger partial charge in [-0.25, -0.2) is 0 Å². The van der Waals surface area contributed by atoms with Gasteiger partial charge in [-0.3, -0.25) is 14.5 Å². The summed E-state index contributed by atoms with van der Waals surface area (Å²) in [6.45, 7) is 0.785. The van der Waals surface area contributed by atoms with Gasteiger partial charge in [-0.2, -0.15) is 0 Å². The minimum absolute atomic E-state index is 0.0931. The molecule has 6 rings (SSSR count). The molecule has 0 aromatic heterocycles. The number of nitrogens with one attached hydrogen (secondary N) is 2. The number of carbonyl (C=O) groups is 2. The van der Waals surface area contributed by atoms with Crippen LogP contribution in [0.1, 0.15) is 48.3 Å². The number of hydrogen-bond donors (Lipinski definition) is 2. The molecule has 3 aromatic carbocycles. The first-order chi connectivity index (χ1) is 18.8. The van der Waals surface area contributed by atoms with E-state index in [-0.39, 0.29) is 24.4 Å². The lowest BCUT2D eigenvalue weighted by molar-refractivity contribution is -0.127. The van der Waals surface area contributed by atoms with E-state index >= 15 is 0 Å². The van der Waals surface area contributed by atoms with Gasteiger partial charge in [-0.1, -0.05) is 46.9 Å². The Balaban J connectivity index is 1.08. The lowest BCUT2D eigenvalue weighted by Gasteiger charge is -2.39. The van der Waals surface area contributed by atoms with Crippen molar-refractivity contribution >= 4 is 46.6 Å². The molecule has 6 nitrogen and oxygen atoms in total. The number of carbonyl (C=O) groups excluding carboxylic acids is 2. The Kier molecular flexibility index (Phi) is 7.47. The molecule has 0 radical (unpaired) electrons. The average Bonchev–Trinajstić information content (AvgIpc) is 3.14. The molecular formula is C30H28Cl3N3O3. The zero-order valence-corrected chi connectivity index (χ0v) is 23.4. The zero-order chi connectivity index (χ0) is 27.1. The van der Waals surface area contributed by atoms with Gasteiger partial charge in [0, 0.05) is 50.9 Å². The minimum Gasteiger partial charge on any atom is -0.457 e. The fraction of sp³-hybridized carbons (Fsp3) is 0.333. The third-order valence-electron chi connectivity index (χ3n) is 8.00. The van der Waals surface area contributed by atoms with Gasteiger partial charge in [-0.05, 0) is 79.8 Å². The predicted octanol–water partition coefficient (Wildman–Crippen LogP) is 6.31. The summed E-state index contributed by atoms with van der Waals surface area (Å²) in [5, 5.41) is 7.73. The first-order valence-corrected chi connectivity index (χ1v) is 14.3. The SMILES string of the molecule is O=C(CNC(=O)C1c2cc(Cl)ccc2Oc2ccc(Cl)cc21)NC1CC2CCC(C1)N2Cc1ccc(Cl)cc1. The Hall–Kier alpha value is -2.77. The summed E-state index contributed by atoms with van der Waals surface area (Å²) in [4.78, 5) is 28.9. The highest BCUT2D eigenvalue weighted by Crippen LogP contribution is 2.46. The molecule has 2 saturated heterocycles. The molecule has 2 N–H and O–H groups in total. The van der Waals surface area contributed by atoms with Crippen molar-refractivity contribution in [2.45, 2.75) is 56.3 Å². The van der Waals surface area contributed by atoms with E-state index in [0.29, 0.717) is 44.8 Å². The topological polar surface area (TPSA) is 70.7 Å². The van der Waals surface area contributed by atoms with Crippen molar-refractivity contribution in [3.63, 3.8) is 0 Å².